The zero-order chi connectivity index (χ0) is 19.3. The number of alkyl halides is 3. The first-order valence-corrected chi connectivity index (χ1v) is 8.54. The average Bonchev–Trinajstić information content (AvgIpc) is 3.10. The molecule has 0 atom stereocenters. The molecule has 2 heterocycles. The van der Waals surface area contributed by atoms with Crippen molar-refractivity contribution in [2.24, 2.45) is 0 Å². The van der Waals surface area contributed by atoms with E-state index in [1.54, 1.807) is 0 Å². The molecule has 0 bridgehead atoms. The van der Waals surface area contributed by atoms with E-state index in [0.29, 0.717) is 31.3 Å². The smallest absolute Gasteiger partial charge is 0.417 e. The fraction of sp³-hybridized carbons (Fsp3) is 0.750. The third-order valence-corrected chi connectivity index (χ3v) is 5.42. The van der Waals surface area contributed by atoms with E-state index in [1.165, 1.54) is 0 Å². The summed E-state index contributed by atoms with van der Waals surface area (Å²) >= 11 is 0. The first kappa shape index (κ1) is 19.3. The number of halogens is 4. The highest BCUT2D eigenvalue weighted by Crippen LogP contribution is 2.42. The van der Waals surface area contributed by atoms with Crippen LogP contribution in [0.25, 0.3) is 0 Å². The fourth-order valence-corrected chi connectivity index (χ4v) is 3.08. The summed E-state index contributed by atoms with van der Waals surface area (Å²) in [6.07, 6.45) is -3.04. The summed E-state index contributed by atoms with van der Waals surface area (Å²) in [7, 11) is -1.05. The van der Waals surface area contributed by atoms with Crippen LogP contribution in [-0.2, 0) is 15.5 Å². The van der Waals surface area contributed by atoms with Crippen LogP contribution in [0.4, 0.5) is 17.6 Å². The van der Waals surface area contributed by atoms with Crippen LogP contribution < -0.4 is 0 Å². The molecular formula is C16H21BF4N2O3. The minimum atomic E-state index is -4.66. The van der Waals surface area contributed by atoms with E-state index in [-0.39, 0.29) is 11.8 Å². The summed E-state index contributed by atoms with van der Waals surface area (Å²) in [5, 5.41) is 6.54. The number of hydrogen-bond acceptors (Lipinski definition) is 5. The zero-order valence-corrected chi connectivity index (χ0v) is 15.1. The molecule has 0 radical (unpaired) electrons. The van der Waals surface area contributed by atoms with Crippen molar-refractivity contribution in [3.63, 3.8) is 0 Å². The first-order valence-electron chi connectivity index (χ1n) is 8.54. The molecule has 10 heteroatoms. The van der Waals surface area contributed by atoms with Gasteiger partial charge in [-0.2, -0.15) is 13.2 Å². The quantitative estimate of drug-likeness (QED) is 0.558. The summed E-state index contributed by atoms with van der Waals surface area (Å²) in [4.78, 5) is 0. The Balaban J connectivity index is 1.66. The van der Waals surface area contributed by atoms with Gasteiger partial charge in [-0.15, -0.1) is 10.2 Å². The summed E-state index contributed by atoms with van der Waals surface area (Å²) < 4.78 is 68.6. The van der Waals surface area contributed by atoms with Gasteiger partial charge in [-0.3, -0.25) is 0 Å². The van der Waals surface area contributed by atoms with Gasteiger partial charge in [-0.25, -0.2) is 4.39 Å². The molecular weight excluding hydrogens is 355 g/mol. The van der Waals surface area contributed by atoms with Crippen molar-refractivity contribution in [2.45, 2.75) is 76.7 Å². The van der Waals surface area contributed by atoms with Crippen LogP contribution in [0.2, 0.25) is 0 Å². The second kappa shape index (κ2) is 6.33. The third kappa shape index (κ3) is 3.53. The van der Waals surface area contributed by atoms with E-state index in [2.05, 4.69) is 10.2 Å². The van der Waals surface area contributed by atoms with Crippen molar-refractivity contribution in [3.8, 4) is 0 Å². The minimum Gasteiger partial charge on any atom is -0.417 e. The van der Waals surface area contributed by atoms with Gasteiger partial charge in [0.05, 0.1) is 11.2 Å². The predicted molar refractivity (Wildman–Crippen MR) is 84.7 cm³/mol. The minimum absolute atomic E-state index is 0.0487. The number of nitrogens with zero attached hydrogens (tertiary/aromatic N) is 2. The monoisotopic (exact) mass is 376 g/mol. The molecule has 0 spiro atoms. The normalized spacial score (nSPS) is 25.6. The summed E-state index contributed by atoms with van der Waals surface area (Å²) in [6.45, 7) is 7.37. The van der Waals surface area contributed by atoms with Crippen molar-refractivity contribution < 1.29 is 31.3 Å². The van der Waals surface area contributed by atoms with Gasteiger partial charge in [0.2, 0.25) is 5.89 Å². The van der Waals surface area contributed by atoms with E-state index in [4.69, 9.17) is 13.7 Å². The van der Waals surface area contributed by atoms with Gasteiger partial charge in [-0.1, -0.05) is 0 Å². The Labute approximate surface area is 149 Å². The van der Waals surface area contributed by atoms with E-state index in [1.807, 2.05) is 27.7 Å². The van der Waals surface area contributed by atoms with Crippen molar-refractivity contribution in [1.29, 1.82) is 0 Å². The van der Waals surface area contributed by atoms with Gasteiger partial charge < -0.3 is 13.7 Å². The topological polar surface area (TPSA) is 57.4 Å². The van der Waals surface area contributed by atoms with Crippen LogP contribution in [0, 0.1) is 0 Å². The maximum atomic E-state index is 14.8. The molecule has 1 saturated carbocycles. The maximum Gasteiger partial charge on any atom is 0.525 e. The van der Waals surface area contributed by atoms with Crippen molar-refractivity contribution >= 4 is 7.12 Å². The van der Waals surface area contributed by atoms with Crippen LogP contribution >= 0.6 is 0 Å². The molecule has 0 unspecified atom stereocenters. The lowest BCUT2D eigenvalue weighted by Gasteiger charge is -2.32. The van der Waals surface area contributed by atoms with Crippen molar-refractivity contribution in [2.75, 3.05) is 0 Å². The van der Waals surface area contributed by atoms with Gasteiger partial charge >= 0.3 is 19.2 Å². The molecule has 1 aromatic rings. The Morgan fingerprint density at radius 3 is 2.04 bits per heavy atom. The SMILES string of the molecule is CC1(C)OB(C(F)=C2CCC(c3nnc(C(F)(F)F)o3)CC2)OC1(C)C. The van der Waals surface area contributed by atoms with E-state index < -0.39 is 36.1 Å². The third-order valence-electron chi connectivity index (χ3n) is 5.42. The van der Waals surface area contributed by atoms with Crippen molar-refractivity contribution in [1.82, 2.24) is 10.2 Å². The predicted octanol–water partition coefficient (Wildman–Crippen LogP) is 4.60. The van der Waals surface area contributed by atoms with Gasteiger partial charge in [0.15, 0.2) is 0 Å². The van der Waals surface area contributed by atoms with Gasteiger partial charge in [0.25, 0.3) is 0 Å². The number of rotatable bonds is 2. The van der Waals surface area contributed by atoms with Crippen LogP contribution in [0.1, 0.15) is 71.1 Å². The van der Waals surface area contributed by atoms with Gasteiger partial charge in [0.1, 0.15) is 5.73 Å². The Kier molecular flexibility index (Phi) is 4.71. The summed E-state index contributed by atoms with van der Waals surface area (Å²) in [5.41, 5.74) is -1.14. The molecule has 0 N–H and O–H groups in total. The van der Waals surface area contributed by atoms with Crippen LogP contribution in [-0.4, -0.2) is 28.5 Å². The highest BCUT2D eigenvalue weighted by Gasteiger charge is 2.53. The largest absolute Gasteiger partial charge is 0.525 e. The maximum absolute atomic E-state index is 14.8. The second-order valence-electron chi connectivity index (χ2n) is 7.76. The number of aromatic nitrogens is 2. The summed E-state index contributed by atoms with van der Waals surface area (Å²) in [5.74, 6) is -1.71. The molecule has 0 amide bonds. The van der Waals surface area contributed by atoms with Crippen molar-refractivity contribution in [3.05, 3.63) is 23.1 Å². The van der Waals surface area contributed by atoms with Crippen LogP contribution in [0.5, 0.6) is 0 Å². The molecule has 2 aliphatic rings. The molecule has 144 valence electrons. The molecule has 1 aliphatic heterocycles. The Bertz CT molecular complexity index is 689. The van der Waals surface area contributed by atoms with E-state index in [0.717, 1.165) is 0 Å². The second-order valence-corrected chi connectivity index (χ2v) is 7.76. The standard InChI is InChI=1S/C16H21BF4N2O3/c1-14(2)15(3,4)26-17(25-14)11(18)9-5-7-10(8-6-9)12-22-23-13(24-12)16(19,20)21/h10H,5-8H2,1-4H3. The molecule has 5 nitrogen and oxygen atoms in total. The lowest BCUT2D eigenvalue weighted by atomic mass is 9.77. The Morgan fingerprint density at radius 1 is 1.04 bits per heavy atom. The lowest BCUT2D eigenvalue weighted by Crippen LogP contribution is -2.41. The fourth-order valence-electron chi connectivity index (χ4n) is 3.08. The molecule has 1 saturated heterocycles. The zero-order valence-electron chi connectivity index (χ0n) is 15.1. The Morgan fingerprint density at radius 2 is 1.58 bits per heavy atom. The highest BCUT2D eigenvalue weighted by atomic mass is 19.4. The van der Waals surface area contributed by atoms with E-state index in [9.17, 15) is 17.6 Å². The molecule has 0 aromatic carbocycles. The molecule has 2 fully saturated rings. The Hall–Kier alpha value is -1.42. The first-order chi connectivity index (χ1) is 11.9. The molecule has 26 heavy (non-hydrogen) atoms. The molecule has 3 rings (SSSR count). The van der Waals surface area contributed by atoms with Gasteiger partial charge in [0, 0.05) is 5.92 Å². The average molecular weight is 376 g/mol. The molecule has 1 aliphatic carbocycles. The van der Waals surface area contributed by atoms with Gasteiger partial charge in [-0.05, 0) is 59.0 Å². The number of allylic oxidation sites excluding steroid dienone is 1. The number of hydrogen-bond donors (Lipinski definition) is 0. The van der Waals surface area contributed by atoms with Crippen LogP contribution in [0.3, 0.4) is 0 Å². The molecule has 1 aromatic heterocycles. The van der Waals surface area contributed by atoms with E-state index >= 15 is 0 Å². The lowest BCUT2D eigenvalue weighted by molar-refractivity contribution is -0.157. The highest BCUT2D eigenvalue weighted by molar-refractivity contribution is 6.53. The summed E-state index contributed by atoms with van der Waals surface area (Å²) in [6, 6.07) is 0. The van der Waals surface area contributed by atoms with Crippen LogP contribution in [0.15, 0.2) is 15.7 Å².